The fourth-order valence-corrected chi connectivity index (χ4v) is 1.78. The van der Waals surface area contributed by atoms with Gasteiger partial charge < -0.3 is 21.8 Å². The van der Waals surface area contributed by atoms with E-state index in [9.17, 15) is 13.2 Å². The van der Waals surface area contributed by atoms with Crippen LogP contribution in [0.4, 0.5) is 18.9 Å². The van der Waals surface area contributed by atoms with Crippen LogP contribution in [0, 0.1) is 0 Å². The molecule has 0 bridgehead atoms. The lowest BCUT2D eigenvalue weighted by molar-refractivity contribution is -0.137. The van der Waals surface area contributed by atoms with E-state index in [-0.39, 0.29) is 17.6 Å². The average molecular weight is 310 g/mol. The minimum atomic E-state index is -4.50. The van der Waals surface area contributed by atoms with Crippen molar-refractivity contribution in [3.8, 4) is 5.69 Å². The topological polar surface area (TPSA) is 108 Å². The van der Waals surface area contributed by atoms with Gasteiger partial charge in [0.2, 0.25) is 5.96 Å². The number of guanidine groups is 2. The van der Waals surface area contributed by atoms with Crippen LogP contribution in [0.15, 0.2) is 52.7 Å². The fraction of sp³-hybridized carbons (Fsp3) is 0.0769. The van der Waals surface area contributed by atoms with Crippen LogP contribution in [0.25, 0.3) is 5.69 Å². The normalized spacial score (nSPS) is 12.2. The molecule has 0 aliphatic heterocycles. The summed E-state index contributed by atoms with van der Waals surface area (Å²) in [5.41, 5.74) is 15.4. The highest BCUT2D eigenvalue weighted by atomic mass is 19.4. The lowest BCUT2D eigenvalue weighted by Crippen LogP contribution is -2.26. The molecule has 2 aromatic rings. The van der Waals surface area contributed by atoms with E-state index in [2.05, 4.69) is 9.98 Å². The monoisotopic (exact) mass is 310 g/mol. The van der Waals surface area contributed by atoms with E-state index in [4.69, 9.17) is 17.2 Å². The van der Waals surface area contributed by atoms with Gasteiger partial charge in [-0.3, -0.25) is 0 Å². The van der Waals surface area contributed by atoms with Crippen molar-refractivity contribution in [3.63, 3.8) is 0 Å². The number of benzene rings is 1. The van der Waals surface area contributed by atoms with Crippen LogP contribution in [-0.2, 0) is 6.18 Å². The van der Waals surface area contributed by atoms with Gasteiger partial charge in [-0.25, -0.2) is 4.99 Å². The van der Waals surface area contributed by atoms with Gasteiger partial charge in [0.1, 0.15) is 0 Å². The molecule has 0 atom stereocenters. The number of nitrogens with two attached hydrogens (primary N) is 3. The second kappa shape index (κ2) is 5.80. The van der Waals surface area contributed by atoms with Crippen molar-refractivity contribution >= 4 is 17.6 Å². The number of halogens is 3. The van der Waals surface area contributed by atoms with Crippen LogP contribution in [0.1, 0.15) is 5.56 Å². The van der Waals surface area contributed by atoms with Gasteiger partial charge in [-0.2, -0.15) is 18.2 Å². The Hall–Kier alpha value is -2.97. The van der Waals surface area contributed by atoms with Crippen LogP contribution < -0.4 is 17.2 Å². The third-order valence-electron chi connectivity index (χ3n) is 2.66. The van der Waals surface area contributed by atoms with Crippen molar-refractivity contribution in [1.82, 2.24) is 4.57 Å². The molecule has 6 nitrogen and oxygen atoms in total. The first-order chi connectivity index (χ1) is 10.3. The van der Waals surface area contributed by atoms with Crippen molar-refractivity contribution in [1.29, 1.82) is 0 Å². The molecular formula is C13H13F3N6. The van der Waals surface area contributed by atoms with Gasteiger partial charge in [0.15, 0.2) is 5.96 Å². The molecule has 116 valence electrons. The Labute approximate surface area is 123 Å². The SMILES string of the molecule is NC(N)=NC(N)=Nc1cc(C(F)(F)F)ccc1-n1cccc1. The molecule has 6 N–H and O–H groups in total. The van der Waals surface area contributed by atoms with E-state index in [1.54, 1.807) is 29.1 Å². The third kappa shape index (κ3) is 3.57. The van der Waals surface area contributed by atoms with Crippen LogP contribution in [0.3, 0.4) is 0 Å². The molecule has 9 heteroatoms. The van der Waals surface area contributed by atoms with Crippen molar-refractivity contribution in [2.75, 3.05) is 0 Å². The maximum absolute atomic E-state index is 12.8. The molecule has 22 heavy (non-hydrogen) atoms. The van der Waals surface area contributed by atoms with E-state index in [1.807, 2.05) is 0 Å². The smallest absolute Gasteiger partial charge is 0.370 e. The Morgan fingerprint density at radius 1 is 1.05 bits per heavy atom. The Kier molecular flexibility index (Phi) is 4.06. The van der Waals surface area contributed by atoms with Crippen molar-refractivity contribution in [2.24, 2.45) is 27.2 Å². The van der Waals surface area contributed by atoms with Crippen molar-refractivity contribution in [2.45, 2.75) is 6.18 Å². The average Bonchev–Trinajstić information content (AvgIpc) is 2.90. The van der Waals surface area contributed by atoms with Gasteiger partial charge in [-0.05, 0) is 30.3 Å². The molecule has 1 aromatic heterocycles. The van der Waals surface area contributed by atoms with E-state index in [0.717, 1.165) is 12.1 Å². The lowest BCUT2D eigenvalue weighted by Gasteiger charge is -2.12. The van der Waals surface area contributed by atoms with E-state index < -0.39 is 11.7 Å². The number of alkyl halides is 3. The first-order valence-electron chi connectivity index (χ1n) is 6.06. The molecule has 0 amide bonds. The summed E-state index contributed by atoms with van der Waals surface area (Å²) in [7, 11) is 0. The Morgan fingerprint density at radius 2 is 1.68 bits per heavy atom. The van der Waals surface area contributed by atoms with Crippen LogP contribution in [0.2, 0.25) is 0 Å². The maximum Gasteiger partial charge on any atom is 0.416 e. The van der Waals surface area contributed by atoms with Crippen LogP contribution in [-0.4, -0.2) is 16.5 Å². The summed E-state index contributed by atoms with van der Waals surface area (Å²) in [6.45, 7) is 0. The number of rotatable bonds is 2. The lowest BCUT2D eigenvalue weighted by atomic mass is 10.1. The summed E-state index contributed by atoms with van der Waals surface area (Å²) in [5, 5.41) is 0. The summed E-state index contributed by atoms with van der Waals surface area (Å²) in [5.74, 6) is -0.677. The predicted octanol–water partition coefficient (Wildman–Crippen LogP) is 1.72. The van der Waals surface area contributed by atoms with Gasteiger partial charge in [0.05, 0.1) is 16.9 Å². The Bertz CT molecular complexity index is 712. The van der Waals surface area contributed by atoms with Gasteiger partial charge in [-0.1, -0.05) is 0 Å². The first-order valence-corrected chi connectivity index (χ1v) is 6.06. The maximum atomic E-state index is 12.8. The second-order valence-electron chi connectivity index (χ2n) is 4.30. The highest BCUT2D eigenvalue weighted by Gasteiger charge is 2.31. The Balaban J connectivity index is 2.58. The van der Waals surface area contributed by atoms with E-state index >= 15 is 0 Å². The van der Waals surface area contributed by atoms with E-state index in [1.165, 1.54) is 6.07 Å². The molecule has 0 spiro atoms. The third-order valence-corrected chi connectivity index (χ3v) is 2.66. The fourth-order valence-electron chi connectivity index (χ4n) is 1.78. The minimum Gasteiger partial charge on any atom is -0.370 e. The van der Waals surface area contributed by atoms with Crippen molar-refractivity contribution in [3.05, 3.63) is 48.3 Å². The molecule has 0 unspecified atom stereocenters. The number of hydrogen-bond acceptors (Lipinski definition) is 1. The molecule has 0 fully saturated rings. The molecule has 0 aliphatic carbocycles. The van der Waals surface area contributed by atoms with Gasteiger partial charge in [0, 0.05) is 12.4 Å². The molecule has 0 saturated carbocycles. The zero-order chi connectivity index (χ0) is 16.3. The van der Waals surface area contributed by atoms with Crippen LogP contribution >= 0.6 is 0 Å². The molecular weight excluding hydrogens is 297 g/mol. The zero-order valence-electron chi connectivity index (χ0n) is 11.2. The standard InChI is InChI=1S/C13H13F3N6/c14-13(15,16)8-3-4-10(22-5-1-2-6-22)9(7-8)20-12(19)21-11(17)18/h1-7H,(H6,17,18,19,20,21). The predicted molar refractivity (Wildman–Crippen MR) is 77.9 cm³/mol. The zero-order valence-corrected chi connectivity index (χ0v) is 11.2. The van der Waals surface area contributed by atoms with Gasteiger partial charge in [-0.15, -0.1) is 0 Å². The summed E-state index contributed by atoms with van der Waals surface area (Å²) in [4.78, 5) is 7.35. The quantitative estimate of drug-likeness (QED) is 0.580. The van der Waals surface area contributed by atoms with Gasteiger partial charge in [0.25, 0.3) is 0 Å². The number of hydrogen-bond donors (Lipinski definition) is 3. The first kappa shape index (κ1) is 15.4. The van der Waals surface area contributed by atoms with Crippen molar-refractivity contribution < 1.29 is 13.2 Å². The highest BCUT2D eigenvalue weighted by Crippen LogP contribution is 2.34. The number of nitrogens with zero attached hydrogens (tertiary/aromatic N) is 3. The largest absolute Gasteiger partial charge is 0.416 e. The highest BCUT2D eigenvalue weighted by molar-refractivity contribution is 5.94. The molecule has 0 saturated heterocycles. The summed E-state index contributed by atoms with van der Waals surface area (Å²) >= 11 is 0. The summed E-state index contributed by atoms with van der Waals surface area (Å²) in [6, 6.07) is 6.59. The number of aliphatic imine (C=N–C) groups is 2. The molecule has 0 aliphatic rings. The number of aromatic nitrogens is 1. The van der Waals surface area contributed by atoms with Crippen LogP contribution in [0.5, 0.6) is 0 Å². The summed E-state index contributed by atoms with van der Waals surface area (Å²) < 4.78 is 40.1. The Morgan fingerprint density at radius 3 is 2.23 bits per heavy atom. The molecule has 1 aromatic carbocycles. The molecule has 1 heterocycles. The van der Waals surface area contributed by atoms with Gasteiger partial charge >= 0.3 is 6.18 Å². The summed E-state index contributed by atoms with van der Waals surface area (Å²) in [6.07, 6.45) is -1.17. The van der Waals surface area contributed by atoms with E-state index in [0.29, 0.717) is 5.69 Å². The molecule has 2 rings (SSSR count). The minimum absolute atomic E-state index is 0.00600. The second-order valence-corrected chi connectivity index (χ2v) is 4.30. The molecule has 0 radical (unpaired) electrons.